The molecular weight excluding hydrogens is 235 g/mol. The van der Waals surface area contributed by atoms with Gasteiger partial charge in [-0.05, 0) is 6.07 Å². The van der Waals surface area contributed by atoms with E-state index >= 15 is 0 Å². The van der Waals surface area contributed by atoms with E-state index in [0.717, 1.165) is 0 Å². The van der Waals surface area contributed by atoms with Crippen LogP contribution in [0.4, 0.5) is 4.39 Å². The molecule has 68 valence electrons. The fraction of sp³-hybridized carbons (Fsp3) is 0.100. The molecule has 0 amide bonds. The number of aldehydes is 1. The van der Waals surface area contributed by atoms with Crippen molar-refractivity contribution in [1.82, 2.24) is 0 Å². The molecule has 0 spiro atoms. The molecule has 0 radical (unpaired) electrons. The standard InChI is InChI=1S/C10H8BrFO/c11-5-1-2-9-4-3-8(7-13)6-10(9)12/h1-4,6-7H,5H2. The molecule has 0 saturated heterocycles. The van der Waals surface area contributed by atoms with Gasteiger partial charge in [0.2, 0.25) is 0 Å². The molecular formula is C10H8BrFO. The molecule has 13 heavy (non-hydrogen) atoms. The zero-order valence-corrected chi connectivity index (χ0v) is 8.42. The summed E-state index contributed by atoms with van der Waals surface area (Å²) in [7, 11) is 0. The summed E-state index contributed by atoms with van der Waals surface area (Å²) in [5, 5.41) is 0.682. The van der Waals surface area contributed by atoms with Crippen LogP contribution in [0, 0.1) is 5.82 Å². The van der Waals surface area contributed by atoms with Crippen molar-refractivity contribution in [2.24, 2.45) is 0 Å². The van der Waals surface area contributed by atoms with E-state index in [0.29, 0.717) is 22.7 Å². The zero-order valence-electron chi connectivity index (χ0n) is 6.84. The van der Waals surface area contributed by atoms with Gasteiger partial charge in [0.25, 0.3) is 0 Å². The Bertz CT molecular complexity index is 334. The lowest BCUT2D eigenvalue weighted by Gasteiger charge is -1.96. The smallest absolute Gasteiger partial charge is 0.150 e. The Morgan fingerprint density at radius 2 is 2.23 bits per heavy atom. The van der Waals surface area contributed by atoms with E-state index in [9.17, 15) is 9.18 Å². The molecule has 0 N–H and O–H groups in total. The van der Waals surface area contributed by atoms with E-state index in [2.05, 4.69) is 15.9 Å². The van der Waals surface area contributed by atoms with E-state index in [1.54, 1.807) is 24.3 Å². The van der Waals surface area contributed by atoms with Gasteiger partial charge in [-0.3, -0.25) is 4.79 Å². The Morgan fingerprint density at radius 1 is 1.46 bits per heavy atom. The molecule has 3 heteroatoms. The van der Waals surface area contributed by atoms with Crippen LogP contribution in [0.15, 0.2) is 24.3 Å². The van der Waals surface area contributed by atoms with Crippen molar-refractivity contribution in [3.63, 3.8) is 0 Å². The molecule has 0 aliphatic rings. The molecule has 0 aliphatic heterocycles. The highest BCUT2D eigenvalue weighted by molar-refractivity contribution is 9.09. The molecule has 0 bridgehead atoms. The van der Waals surface area contributed by atoms with Gasteiger partial charge in [-0.1, -0.05) is 40.2 Å². The van der Waals surface area contributed by atoms with Crippen molar-refractivity contribution in [2.75, 3.05) is 5.33 Å². The summed E-state index contributed by atoms with van der Waals surface area (Å²) in [6.07, 6.45) is 4.08. The summed E-state index contributed by atoms with van der Waals surface area (Å²) in [4.78, 5) is 10.3. The first-order chi connectivity index (χ1) is 6.27. The topological polar surface area (TPSA) is 17.1 Å². The lowest BCUT2D eigenvalue weighted by Crippen LogP contribution is -1.86. The molecule has 1 rings (SSSR count). The predicted octanol–water partition coefficient (Wildman–Crippen LogP) is 3.05. The van der Waals surface area contributed by atoms with E-state index in [1.165, 1.54) is 6.07 Å². The average Bonchev–Trinajstić information content (AvgIpc) is 2.16. The summed E-state index contributed by atoms with van der Waals surface area (Å²) >= 11 is 3.19. The first kappa shape index (κ1) is 10.1. The highest BCUT2D eigenvalue weighted by Gasteiger charge is 1.98. The summed E-state index contributed by atoms with van der Waals surface area (Å²) < 4.78 is 13.1. The number of benzene rings is 1. The van der Waals surface area contributed by atoms with Gasteiger partial charge in [0.1, 0.15) is 12.1 Å². The number of alkyl halides is 1. The fourth-order valence-electron chi connectivity index (χ4n) is 0.923. The normalized spacial score (nSPS) is 10.6. The van der Waals surface area contributed by atoms with Crippen LogP contribution in [0.25, 0.3) is 6.08 Å². The van der Waals surface area contributed by atoms with Crippen molar-refractivity contribution in [3.8, 4) is 0 Å². The van der Waals surface area contributed by atoms with Crippen molar-refractivity contribution < 1.29 is 9.18 Å². The largest absolute Gasteiger partial charge is 0.298 e. The molecule has 0 saturated carbocycles. The van der Waals surface area contributed by atoms with Gasteiger partial charge in [-0.25, -0.2) is 4.39 Å². The molecule has 0 aliphatic carbocycles. The monoisotopic (exact) mass is 242 g/mol. The summed E-state index contributed by atoms with van der Waals surface area (Å²) in [6.45, 7) is 0. The molecule has 0 heterocycles. The number of allylic oxidation sites excluding steroid dienone is 1. The van der Waals surface area contributed by atoms with Crippen molar-refractivity contribution in [3.05, 3.63) is 41.2 Å². The minimum absolute atomic E-state index is 0.355. The van der Waals surface area contributed by atoms with Crippen molar-refractivity contribution in [2.45, 2.75) is 0 Å². The lowest BCUT2D eigenvalue weighted by molar-refractivity contribution is 0.112. The molecule has 1 aromatic carbocycles. The second kappa shape index (κ2) is 4.92. The van der Waals surface area contributed by atoms with Crippen molar-refractivity contribution in [1.29, 1.82) is 0 Å². The Morgan fingerprint density at radius 3 is 2.77 bits per heavy atom. The summed E-state index contributed by atoms with van der Waals surface area (Å²) in [6, 6.07) is 4.39. The van der Waals surface area contributed by atoms with E-state index in [1.807, 2.05) is 0 Å². The minimum Gasteiger partial charge on any atom is -0.298 e. The maximum absolute atomic E-state index is 13.1. The Labute approximate surface area is 84.4 Å². The van der Waals surface area contributed by atoms with Gasteiger partial charge in [0.15, 0.2) is 0 Å². The fourth-order valence-corrected chi connectivity index (χ4v) is 1.11. The van der Waals surface area contributed by atoms with E-state index in [-0.39, 0.29) is 5.82 Å². The van der Waals surface area contributed by atoms with Crippen LogP contribution in [-0.4, -0.2) is 11.6 Å². The van der Waals surface area contributed by atoms with Crippen LogP contribution in [0.1, 0.15) is 15.9 Å². The first-order valence-electron chi connectivity index (χ1n) is 3.75. The van der Waals surface area contributed by atoms with Crippen LogP contribution in [0.5, 0.6) is 0 Å². The first-order valence-corrected chi connectivity index (χ1v) is 4.87. The lowest BCUT2D eigenvalue weighted by atomic mass is 10.1. The highest BCUT2D eigenvalue weighted by Crippen LogP contribution is 2.11. The third kappa shape index (κ3) is 2.77. The molecule has 0 aromatic heterocycles. The summed E-state index contributed by atoms with van der Waals surface area (Å²) in [5.41, 5.74) is 0.846. The number of hydrogen-bond acceptors (Lipinski definition) is 1. The zero-order chi connectivity index (χ0) is 9.68. The maximum atomic E-state index is 13.1. The molecule has 1 aromatic rings. The molecule has 0 unspecified atom stereocenters. The third-order valence-electron chi connectivity index (χ3n) is 1.55. The Kier molecular flexibility index (Phi) is 3.83. The van der Waals surface area contributed by atoms with Crippen LogP contribution >= 0.6 is 15.9 Å². The quantitative estimate of drug-likeness (QED) is 0.589. The van der Waals surface area contributed by atoms with E-state index < -0.39 is 0 Å². The number of halogens is 2. The number of carbonyl (C=O) groups is 1. The van der Waals surface area contributed by atoms with Crippen LogP contribution in [-0.2, 0) is 0 Å². The second-order valence-electron chi connectivity index (χ2n) is 2.46. The van der Waals surface area contributed by atoms with Gasteiger partial charge in [-0.15, -0.1) is 0 Å². The van der Waals surface area contributed by atoms with Gasteiger partial charge < -0.3 is 0 Å². The molecule has 1 nitrogen and oxygen atoms in total. The van der Waals surface area contributed by atoms with Gasteiger partial charge >= 0.3 is 0 Å². The van der Waals surface area contributed by atoms with Crippen LogP contribution in [0.3, 0.4) is 0 Å². The Hall–Kier alpha value is -0.960. The van der Waals surface area contributed by atoms with Gasteiger partial charge in [-0.2, -0.15) is 0 Å². The third-order valence-corrected chi connectivity index (χ3v) is 1.92. The van der Waals surface area contributed by atoms with Gasteiger partial charge in [0.05, 0.1) is 0 Å². The minimum atomic E-state index is -0.373. The van der Waals surface area contributed by atoms with Crippen molar-refractivity contribution >= 4 is 28.3 Å². The summed E-state index contributed by atoms with van der Waals surface area (Å²) in [5.74, 6) is -0.373. The van der Waals surface area contributed by atoms with E-state index in [4.69, 9.17) is 0 Å². The van der Waals surface area contributed by atoms with Gasteiger partial charge in [0, 0.05) is 16.5 Å². The van der Waals surface area contributed by atoms with Crippen LogP contribution < -0.4 is 0 Å². The predicted molar refractivity (Wildman–Crippen MR) is 54.6 cm³/mol. The van der Waals surface area contributed by atoms with Crippen LogP contribution in [0.2, 0.25) is 0 Å². The average molecular weight is 243 g/mol. The number of hydrogen-bond donors (Lipinski definition) is 0. The molecule has 0 atom stereocenters. The second-order valence-corrected chi connectivity index (χ2v) is 3.10. The highest BCUT2D eigenvalue weighted by atomic mass is 79.9. The number of carbonyl (C=O) groups excluding carboxylic acids is 1. The Balaban J connectivity index is 2.98. The molecule has 0 fully saturated rings. The maximum Gasteiger partial charge on any atom is 0.150 e. The SMILES string of the molecule is O=Cc1ccc(C=CCBr)c(F)c1. The number of rotatable bonds is 3.